The molecule has 5 rings (SSSR count). The summed E-state index contributed by atoms with van der Waals surface area (Å²) in [5.74, 6) is 0.117. The van der Waals surface area contributed by atoms with Crippen molar-refractivity contribution in [2.24, 2.45) is 7.05 Å². The number of aromatic nitrogens is 3. The van der Waals surface area contributed by atoms with Gasteiger partial charge in [0, 0.05) is 39.4 Å². The number of methoxy groups -OCH3 is 1. The second kappa shape index (κ2) is 11.8. The molecule has 0 fully saturated rings. The summed E-state index contributed by atoms with van der Waals surface area (Å²) >= 11 is 4.28. The summed E-state index contributed by atoms with van der Waals surface area (Å²) in [5.41, 5.74) is 7.60. The van der Waals surface area contributed by atoms with Gasteiger partial charge >= 0.3 is 5.97 Å². The van der Waals surface area contributed by atoms with E-state index in [1.54, 1.807) is 11.3 Å². The van der Waals surface area contributed by atoms with Gasteiger partial charge in [-0.3, -0.25) is 4.79 Å². The number of rotatable bonds is 8. The molecular weight excluding hydrogens is 561 g/mol. The Morgan fingerprint density at radius 1 is 0.900 bits per heavy atom. The molecule has 3 heterocycles. The zero-order chi connectivity index (χ0) is 28.4. The van der Waals surface area contributed by atoms with E-state index in [0.29, 0.717) is 15.7 Å². The molecule has 7 nitrogen and oxygen atoms in total. The van der Waals surface area contributed by atoms with Crippen molar-refractivity contribution in [3.8, 4) is 33.6 Å². The van der Waals surface area contributed by atoms with Gasteiger partial charge in [0.25, 0.3) is 0 Å². The second-order valence-electron chi connectivity index (χ2n) is 9.36. The lowest BCUT2D eigenvalue weighted by atomic mass is 10.0. The molecule has 0 unspecified atom stereocenters. The third-order valence-electron chi connectivity index (χ3n) is 6.52. The smallest absolute Gasteiger partial charge is 0.341 e. The largest absolute Gasteiger partial charge is 0.465 e. The molecule has 5 aromatic rings. The SMILES string of the molecule is COC(=O)c1c(-c2ccc(C)cc2)csc1NC(=O)CSc1nnc(-c2csc(C)c2-c2ccc(C)cc2)n1C. The first kappa shape index (κ1) is 27.8. The van der Waals surface area contributed by atoms with Crippen LogP contribution >= 0.6 is 34.4 Å². The topological polar surface area (TPSA) is 86.1 Å². The number of aryl methyl sites for hydroxylation is 3. The maximum atomic E-state index is 13.0. The molecule has 0 saturated carbocycles. The Kier molecular flexibility index (Phi) is 8.20. The van der Waals surface area contributed by atoms with Crippen LogP contribution in [0.3, 0.4) is 0 Å². The fourth-order valence-electron chi connectivity index (χ4n) is 4.37. The third-order valence-corrected chi connectivity index (χ3v) is 9.35. The number of anilines is 1. The van der Waals surface area contributed by atoms with Crippen molar-refractivity contribution >= 4 is 51.3 Å². The van der Waals surface area contributed by atoms with E-state index in [2.05, 4.69) is 59.0 Å². The Bertz CT molecular complexity index is 1680. The number of nitrogens with zero attached hydrogens (tertiary/aromatic N) is 3. The first-order chi connectivity index (χ1) is 19.3. The van der Waals surface area contributed by atoms with Gasteiger partial charge < -0.3 is 14.6 Å². The molecular formula is C30H28N4O3S3. The van der Waals surface area contributed by atoms with Crippen molar-refractivity contribution < 1.29 is 14.3 Å². The van der Waals surface area contributed by atoms with E-state index >= 15 is 0 Å². The Morgan fingerprint density at radius 3 is 2.17 bits per heavy atom. The number of carbonyl (C=O) groups excluding carboxylic acids is 2. The number of carbonyl (C=O) groups is 2. The second-order valence-corrected chi connectivity index (χ2v) is 12.3. The molecule has 40 heavy (non-hydrogen) atoms. The first-order valence-corrected chi connectivity index (χ1v) is 15.3. The van der Waals surface area contributed by atoms with Crippen molar-refractivity contribution in [1.29, 1.82) is 0 Å². The van der Waals surface area contributed by atoms with Crippen molar-refractivity contribution in [3.05, 3.63) is 80.9 Å². The van der Waals surface area contributed by atoms with Gasteiger partial charge in [0.1, 0.15) is 10.6 Å². The van der Waals surface area contributed by atoms with Crippen molar-refractivity contribution in [1.82, 2.24) is 14.8 Å². The average Bonchev–Trinajstić information content (AvgIpc) is 3.64. The Balaban J connectivity index is 1.33. The minimum Gasteiger partial charge on any atom is -0.465 e. The summed E-state index contributed by atoms with van der Waals surface area (Å²) in [6.07, 6.45) is 0. The van der Waals surface area contributed by atoms with E-state index in [1.165, 1.54) is 40.6 Å². The normalized spacial score (nSPS) is 11.0. The molecule has 0 bridgehead atoms. The van der Waals surface area contributed by atoms with Crippen LogP contribution in [0.2, 0.25) is 0 Å². The standard InChI is InChI=1S/C30H28N4O3S3/c1-17-6-10-20(11-7-17)22-14-39-28(26(22)29(36)37-5)31-24(35)16-40-30-33-32-27(34(30)4)23-15-38-19(3)25(23)21-12-8-18(2)9-13-21/h6-15H,16H2,1-5H3,(H,31,35). The van der Waals surface area contributed by atoms with E-state index < -0.39 is 5.97 Å². The molecule has 204 valence electrons. The molecule has 2 aromatic carbocycles. The highest BCUT2D eigenvalue weighted by Gasteiger charge is 2.23. The molecule has 0 spiro atoms. The van der Waals surface area contributed by atoms with E-state index in [9.17, 15) is 9.59 Å². The maximum absolute atomic E-state index is 13.0. The molecule has 0 aliphatic rings. The van der Waals surface area contributed by atoms with E-state index in [-0.39, 0.29) is 11.7 Å². The number of thioether (sulfide) groups is 1. The molecule has 3 aromatic heterocycles. The van der Waals surface area contributed by atoms with Crippen LogP contribution in [0.1, 0.15) is 26.4 Å². The van der Waals surface area contributed by atoms with Crippen LogP contribution in [0.15, 0.2) is 64.4 Å². The third kappa shape index (κ3) is 5.60. The Hall–Kier alpha value is -3.73. The van der Waals surface area contributed by atoms with Gasteiger partial charge in [-0.05, 0) is 31.9 Å². The Morgan fingerprint density at radius 2 is 1.52 bits per heavy atom. The molecule has 1 amide bonds. The highest BCUT2D eigenvalue weighted by atomic mass is 32.2. The summed E-state index contributed by atoms with van der Waals surface area (Å²) in [6, 6.07) is 16.3. The minimum atomic E-state index is -0.492. The predicted octanol–water partition coefficient (Wildman–Crippen LogP) is 7.38. The number of hydrogen-bond donors (Lipinski definition) is 1. The van der Waals surface area contributed by atoms with Crippen LogP contribution in [-0.2, 0) is 16.6 Å². The van der Waals surface area contributed by atoms with Crippen LogP contribution in [0.5, 0.6) is 0 Å². The van der Waals surface area contributed by atoms with Gasteiger partial charge in [-0.2, -0.15) is 0 Å². The zero-order valence-electron chi connectivity index (χ0n) is 22.8. The van der Waals surface area contributed by atoms with Crippen molar-refractivity contribution in [3.63, 3.8) is 0 Å². The molecule has 10 heteroatoms. The van der Waals surface area contributed by atoms with Crippen LogP contribution in [0, 0.1) is 20.8 Å². The molecule has 0 atom stereocenters. The van der Waals surface area contributed by atoms with Crippen LogP contribution in [0.25, 0.3) is 33.6 Å². The van der Waals surface area contributed by atoms with Gasteiger partial charge in [-0.1, -0.05) is 71.4 Å². The summed E-state index contributed by atoms with van der Waals surface area (Å²) in [7, 11) is 3.25. The number of nitrogens with one attached hydrogen (secondary N) is 1. The van der Waals surface area contributed by atoms with Crippen LogP contribution in [-0.4, -0.2) is 39.5 Å². The maximum Gasteiger partial charge on any atom is 0.341 e. The van der Waals surface area contributed by atoms with E-state index in [1.807, 2.05) is 48.2 Å². The fraction of sp³-hybridized carbons (Fsp3) is 0.200. The van der Waals surface area contributed by atoms with Crippen LogP contribution < -0.4 is 5.32 Å². The van der Waals surface area contributed by atoms with Gasteiger partial charge in [-0.25, -0.2) is 4.79 Å². The zero-order valence-corrected chi connectivity index (χ0v) is 25.2. The number of ether oxygens (including phenoxy) is 1. The lowest BCUT2D eigenvalue weighted by Gasteiger charge is -2.09. The number of hydrogen-bond acceptors (Lipinski definition) is 8. The average molecular weight is 589 g/mol. The monoisotopic (exact) mass is 588 g/mol. The summed E-state index contributed by atoms with van der Waals surface area (Å²) < 4.78 is 6.95. The van der Waals surface area contributed by atoms with E-state index in [4.69, 9.17) is 4.74 Å². The van der Waals surface area contributed by atoms with Crippen molar-refractivity contribution in [2.45, 2.75) is 25.9 Å². The summed E-state index contributed by atoms with van der Waals surface area (Å²) in [4.78, 5) is 26.8. The minimum absolute atomic E-state index is 0.109. The highest BCUT2D eigenvalue weighted by molar-refractivity contribution is 7.99. The van der Waals surface area contributed by atoms with Gasteiger partial charge in [-0.15, -0.1) is 32.9 Å². The summed E-state index contributed by atoms with van der Waals surface area (Å²) in [6.45, 7) is 6.19. The number of esters is 1. The van der Waals surface area contributed by atoms with Gasteiger partial charge in [0.15, 0.2) is 11.0 Å². The lowest BCUT2D eigenvalue weighted by molar-refractivity contribution is -0.113. The summed E-state index contributed by atoms with van der Waals surface area (Å²) in [5, 5.41) is 16.8. The highest BCUT2D eigenvalue weighted by Crippen LogP contribution is 2.39. The number of benzene rings is 2. The molecule has 0 aliphatic carbocycles. The molecule has 0 radical (unpaired) electrons. The lowest BCUT2D eigenvalue weighted by Crippen LogP contribution is -2.16. The van der Waals surface area contributed by atoms with Gasteiger partial charge in [0.05, 0.1) is 12.9 Å². The molecule has 0 aliphatic heterocycles. The van der Waals surface area contributed by atoms with E-state index in [0.717, 1.165) is 39.2 Å². The predicted molar refractivity (Wildman–Crippen MR) is 164 cm³/mol. The van der Waals surface area contributed by atoms with Crippen molar-refractivity contribution in [2.75, 3.05) is 18.2 Å². The molecule has 1 N–H and O–H groups in total. The molecule has 0 saturated heterocycles. The first-order valence-electron chi connectivity index (χ1n) is 12.5. The Labute approximate surface area is 245 Å². The fourth-order valence-corrected chi connectivity index (χ4v) is 6.91. The number of amides is 1. The van der Waals surface area contributed by atoms with Gasteiger partial charge in [0.2, 0.25) is 5.91 Å². The quantitative estimate of drug-likeness (QED) is 0.150. The van der Waals surface area contributed by atoms with Crippen LogP contribution in [0.4, 0.5) is 5.00 Å². The number of thiophene rings is 2.